The molecular weight excluding hydrogens is 308 g/mol. The van der Waals surface area contributed by atoms with Gasteiger partial charge in [-0.25, -0.2) is 4.79 Å². The predicted molar refractivity (Wildman–Crippen MR) is 91.2 cm³/mol. The van der Waals surface area contributed by atoms with Gasteiger partial charge in [-0.1, -0.05) is 50.6 Å². The van der Waals surface area contributed by atoms with Crippen molar-refractivity contribution in [2.45, 2.75) is 39.2 Å². The van der Waals surface area contributed by atoms with E-state index in [1.54, 1.807) is 0 Å². The summed E-state index contributed by atoms with van der Waals surface area (Å²) in [5.41, 5.74) is 0.918. The minimum absolute atomic E-state index is 0.0194. The van der Waals surface area contributed by atoms with Crippen molar-refractivity contribution >= 4 is 17.8 Å². The largest absolute Gasteiger partial charge is 0.467 e. The van der Waals surface area contributed by atoms with Crippen LogP contribution in [0.15, 0.2) is 30.3 Å². The molecule has 0 aliphatic carbocycles. The van der Waals surface area contributed by atoms with Crippen LogP contribution in [0.1, 0.15) is 32.3 Å². The Bertz CT molecular complexity index is 545. The number of carbonyl (C=O) groups excluding carboxylic acids is 3. The van der Waals surface area contributed by atoms with Gasteiger partial charge in [-0.15, -0.1) is 0 Å². The molecule has 0 fully saturated rings. The minimum atomic E-state index is -0.660. The summed E-state index contributed by atoms with van der Waals surface area (Å²) in [5, 5.41) is 5.38. The van der Waals surface area contributed by atoms with Gasteiger partial charge in [-0.05, 0) is 11.5 Å². The van der Waals surface area contributed by atoms with Crippen LogP contribution in [-0.2, 0) is 25.5 Å². The Morgan fingerprint density at radius 2 is 1.79 bits per heavy atom. The highest BCUT2D eigenvalue weighted by Gasteiger charge is 2.26. The second kappa shape index (κ2) is 10.4. The summed E-state index contributed by atoms with van der Waals surface area (Å²) in [7, 11) is 1.30. The van der Waals surface area contributed by atoms with Crippen molar-refractivity contribution in [2.24, 2.45) is 5.92 Å². The number of rotatable bonds is 9. The molecule has 0 aliphatic rings. The maximum Gasteiger partial charge on any atom is 0.328 e. The Kier molecular flexibility index (Phi) is 8.54. The first kappa shape index (κ1) is 19.7. The SMILES string of the molecule is CCC(C)C(NC(=O)CCNC(=O)Cc1ccccc1)C(=O)OC. The molecule has 132 valence electrons. The maximum absolute atomic E-state index is 12.0. The number of esters is 1. The number of nitrogens with one attached hydrogen (secondary N) is 2. The van der Waals surface area contributed by atoms with Gasteiger partial charge in [0.1, 0.15) is 6.04 Å². The number of hydrogen-bond acceptors (Lipinski definition) is 4. The highest BCUT2D eigenvalue weighted by molar-refractivity contribution is 5.85. The van der Waals surface area contributed by atoms with Crippen LogP contribution in [0.3, 0.4) is 0 Å². The molecule has 2 atom stereocenters. The summed E-state index contributed by atoms with van der Waals surface area (Å²) in [5.74, 6) is -0.897. The van der Waals surface area contributed by atoms with Crippen molar-refractivity contribution in [1.29, 1.82) is 0 Å². The van der Waals surface area contributed by atoms with Gasteiger partial charge in [0, 0.05) is 13.0 Å². The normalized spacial score (nSPS) is 12.8. The zero-order valence-electron chi connectivity index (χ0n) is 14.5. The van der Waals surface area contributed by atoms with E-state index in [1.807, 2.05) is 44.2 Å². The molecule has 2 amide bonds. The lowest BCUT2D eigenvalue weighted by Gasteiger charge is -2.21. The standard InChI is InChI=1S/C18H26N2O4/c1-4-13(2)17(18(23)24-3)20-15(21)10-11-19-16(22)12-14-8-6-5-7-9-14/h5-9,13,17H,4,10-12H2,1-3H3,(H,19,22)(H,20,21). The zero-order chi connectivity index (χ0) is 17.9. The lowest BCUT2D eigenvalue weighted by molar-refractivity contribution is -0.146. The van der Waals surface area contributed by atoms with E-state index in [0.717, 1.165) is 12.0 Å². The Morgan fingerprint density at radius 1 is 1.12 bits per heavy atom. The van der Waals surface area contributed by atoms with Gasteiger partial charge in [0.25, 0.3) is 0 Å². The highest BCUT2D eigenvalue weighted by atomic mass is 16.5. The number of benzene rings is 1. The van der Waals surface area contributed by atoms with Crippen molar-refractivity contribution in [3.63, 3.8) is 0 Å². The number of hydrogen-bond donors (Lipinski definition) is 2. The highest BCUT2D eigenvalue weighted by Crippen LogP contribution is 2.09. The van der Waals surface area contributed by atoms with Crippen LogP contribution < -0.4 is 10.6 Å². The molecule has 0 aliphatic heterocycles. The van der Waals surface area contributed by atoms with Crippen molar-refractivity contribution < 1.29 is 19.1 Å². The smallest absolute Gasteiger partial charge is 0.328 e. The molecular formula is C18H26N2O4. The van der Waals surface area contributed by atoms with Crippen LogP contribution in [-0.4, -0.2) is 37.5 Å². The number of carbonyl (C=O) groups is 3. The summed E-state index contributed by atoms with van der Waals surface area (Å²) >= 11 is 0. The molecule has 2 unspecified atom stereocenters. The van der Waals surface area contributed by atoms with Gasteiger partial charge in [0.2, 0.25) is 11.8 Å². The third-order valence-corrected chi connectivity index (χ3v) is 3.87. The molecule has 24 heavy (non-hydrogen) atoms. The van der Waals surface area contributed by atoms with Crippen molar-refractivity contribution in [1.82, 2.24) is 10.6 Å². The molecule has 0 radical (unpaired) electrons. The predicted octanol–water partition coefficient (Wildman–Crippen LogP) is 1.44. The van der Waals surface area contributed by atoms with Crippen molar-refractivity contribution in [3.8, 4) is 0 Å². The molecule has 0 aromatic heterocycles. The van der Waals surface area contributed by atoms with Gasteiger partial charge in [-0.3, -0.25) is 9.59 Å². The van der Waals surface area contributed by atoms with Gasteiger partial charge in [0.05, 0.1) is 13.5 Å². The Balaban J connectivity index is 2.36. The fourth-order valence-corrected chi connectivity index (χ4v) is 2.20. The first-order valence-electron chi connectivity index (χ1n) is 8.15. The average Bonchev–Trinajstić information content (AvgIpc) is 2.59. The summed E-state index contributed by atoms with van der Waals surface area (Å²) in [6.45, 7) is 4.05. The van der Waals surface area contributed by atoms with E-state index in [0.29, 0.717) is 0 Å². The summed E-state index contributed by atoms with van der Waals surface area (Å²) < 4.78 is 4.72. The molecule has 0 heterocycles. The number of methoxy groups -OCH3 is 1. The van der Waals surface area contributed by atoms with Gasteiger partial charge >= 0.3 is 5.97 Å². The Morgan fingerprint density at radius 3 is 2.38 bits per heavy atom. The van der Waals surface area contributed by atoms with E-state index < -0.39 is 12.0 Å². The van der Waals surface area contributed by atoms with E-state index in [4.69, 9.17) is 4.74 Å². The van der Waals surface area contributed by atoms with E-state index in [2.05, 4.69) is 10.6 Å². The van der Waals surface area contributed by atoms with Crippen LogP contribution in [0.2, 0.25) is 0 Å². The van der Waals surface area contributed by atoms with E-state index in [9.17, 15) is 14.4 Å². The first-order valence-corrected chi connectivity index (χ1v) is 8.15. The van der Waals surface area contributed by atoms with Crippen LogP contribution in [0.5, 0.6) is 0 Å². The van der Waals surface area contributed by atoms with Crippen LogP contribution in [0.4, 0.5) is 0 Å². The summed E-state index contributed by atoms with van der Waals surface area (Å²) in [6.07, 6.45) is 1.14. The third kappa shape index (κ3) is 6.81. The van der Waals surface area contributed by atoms with Gasteiger partial charge in [0.15, 0.2) is 0 Å². The quantitative estimate of drug-likeness (QED) is 0.669. The molecule has 1 rings (SSSR count). The average molecular weight is 334 g/mol. The Labute approximate surface area is 143 Å². The molecule has 0 bridgehead atoms. The second-order valence-electron chi connectivity index (χ2n) is 5.72. The summed E-state index contributed by atoms with van der Waals surface area (Å²) in [6, 6.07) is 8.72. The monoisotopic (exact) mass is 334 g/mol. The summed E-state index contributed by atoms with van der Waals surface area (Å²) in [4.78, 5) is 35.5. The van der Waals surface area contributed by atoms with E-state index >= 15 is 0 Å². The van der Waals surface area contributed by atoms with E-state index in [-0.39, 0.29) is 37.1 Å². The topological polar surface area (TPSA) is 84.5 Å². The van der Waals surface area contributed by atoms with Crippen LogP contribution in [0.25, 0.3) is 0 Å². The van der Waals surface area contributed by atoms with Gasteiger partial charge in [-0.2, -0.15) is 0 Å². The number of ether oxygens (including phenoxy) is 1. The maximum atomic E-state index is 12.0. The molecule has 1 aromatic carbocycles. The second-order valence-corrected chi connectivity index (χ2v) is 5.72. The number of amides is 2. The van der Waals surface area contributed by atoms with Crippen LogP contribution in [0, 0.1) is 5.92 Å². The first-order chi connectivity index (χ1) is 11.5. The van der Waals surface area contributed by atoms with Crippen LogP contribution >= 0.6 is 0 Å². The van der Waals surface area contributed by atoms with E-state index in [1.165, 1.54) is 7.11 Å². The molecule has 2 N–H and O–H groups in total. The molecule has 0 spiro atoms. The fourth-order valence-electron chi connectivity index (χ4n) is 2.20. The van der Waals surface area contributed by atoms with Gasteiger partial charge < -0.3 is 15.4 Å². The minimum Gasteiger partial charge on any atom is -0.467 e. The Hall–Kier alpha value is -2.37. The lowest BCUT2D eigenvalue weighted by atomic mass is 9.99. The lowest BCUT2D eigenvalue weighted by Crippen LogP contribution is -2.46. The fraction of sp³-hybridized carbons (Fsp3) is 0.500. The van der Waals surface area contributed by atoms with Crippen molar-refractivity contribution in [3.05, 3.63) is 35.9 Å². The van der Waals surface area contributed by atoms with Crippen molar-refractivity contribution in [2.75, 3.05) is 13.7 Å². The molecule has 6 heteroatoms. The molecule has 6 nitrogen and oxygen atoms in total. The molecule has 0 saturated heterocycles. The zero-order valence-corrected chi connectivity index (χ0v) is 14.5. The molecule has 1 aromatic rings. The third-order valence-electron chi connectivity index (χ3n) is 3.87. The molecule has 0 saturated carbocycles.